The Morgan fingerprint density at radius 2 is 1.29 bits per heavy atom. The smallest absolute Gasteiger partial charge is 0.0897 e. The topological polar surface area (TPSA) is 63.9 Å². The summed E-state index contributed by atoms with van der Waals surface area (Å²) in [6.45, 7) is 4.08. The van der Waals surface area contributed by atoms with Crippen molar-refractivity contribution in [2.24, 2.45) is 0 Å². The molecule has 0 radical (unpaired) electrons. The zero-order chi connectivity index (χ0) is 15.8. The highest BCUT2D eigenvalue weighted by Crippen LogP contribution is 2.10. The Morgan fingerprint density at radius 3 is 1.76 bits per heavy atom. The second kappa shape index (κ2) is 16.2. The largest absolute Gasteiger partial charge is 0.395 e. The Kier molecular flexibility index (Phi) is 16.1. The van der Waals surface area contributed by atoms with Crippen molar-refractivity contribution in [3.05, 3.63) is 0 Å². The van der Waals surface area contributed by atoms with Crippen molar-refractivity contribution in [1.29, 1.82) is 0 Å². The van der Waals surface area contributed by atoms with E-state index < -0.39 is 6.10 Å². The third kappa shape index (κ3) is 14.5. The normalized spacial score (nSPS) is 13.0. The fraction of sp³-hybridized carbons (Fsp3) is 1.00. The summed E-state index contributed by atoms with van der Waals surface area (Å²) in [5.74, 6) is 0. The molecule has 0 aliphatic heterocycles. The summed E-state index contributed by atoms with van der Waals surface area (Å²) in [5.41, 5.74) is 0. The maximum atomic E-state index is 9.44. The third-order valence-electron chi connectivity index (χ3n) is 3.92. The van der Waals surface area contributed by atoms with Gasteiger partial charge in [0, 0.05) is 13.1 Å². The lowest BCUT2D eigenvalue weighted by atomic mass is 10.1. The lowest BCUT2D eigenvalue weighted by molar-refractivity contribution is 0.0530. The van der Waals surface area contributed by atoms with E-state index in [-0.39, 0.29) is 13.2 Å². The van der Waals surface area contributed by atoms with Crippen LogP contribution in [0.25, 0.3) is 0 Å². The van der Waals surface area contributed by atoms with Crippen LogP contribution in [0.5, 0.6) is 0 Å². The molecule has 0 aliphatic rings. The van der Waals surface area contributed by atoms with Crippen molar-refractivity contribution in [2.75, 3.05) is 32.8 Å². The maximum absolute atomic E-state index is 9.44. The molecule has 0 rings (SSSR count). The third-order valence-corrected chi connectivity index (χ3v) is 3.92. The molecular formula is C17H37NO3. The van der Waals surface area contributed by atoms with Crippen LogP contribution in [-0.2, 0) is 0 Å². The molecule has 0 unspecified atom stereocenters. The number of hydrogen-bond donors (Lipinski definition) is 3. The highest BCUT2D eigenvalue weighted by atomic mass is 16.3. The minimum Gasteiger partial charge on any atom is -0.395 e. The van der Waals surface area contributed by atoms with E-state index in [2.05, 4.69) is 6.92 Å². The van der Waals surface area contributed by atoms with Crippen molar-refractivity contribution in [1.82, 2.24) is 4.90 Å². The number of nitrogens with zero attached hydrogens (tertiary/aromatic N) is 1. The molecule has 0 saturated carbocycles. The molecule has 1 atom stereocenters. The van der Waals surface area contributed by atoms with E-state index in [9.17, 15) is 5.11 Å². The lowest BCUT2D eigenvalue weighted by Gasteiger charge is -2.23. The predicted molar refractivity (Wildman–Crippen MR) is 88.5 cm³/mol. The summed E-state index contributed by atoms with van der Waals surface area (Å²) in [7, 11) is 0. The molecule has 4 nitrogen and oxygen atoms in total. The van der Waals surface area contributed by atoms with Gasteiger partial charge in [0.1, 0.15) is 0 Å². The number of aliphatic hydroxyl groups excluding tert-OH is 3. The molecule has 0 aliphatic carbocycles. The highest BCUT2D eigenvalue weighted by Gasteiger charge is 2.09. The molecule has 3 N–H and O–H groups in total. The van der Waals surface area contributed by atoms with Gasteiger partial charge >= 0.3 is 0 Å². The molecule has 0 bridgehead atoms. The minimum absolute atomic E-state index is 0.107. The standard InChI is InChI=1S/C17H37NO3/c1-2-3-4-5-6-7-8-9-10-11-12-18(13-14-19)15-17(21)16-20/h17,19-21H,2-16H2,1H3/t17-/m1/s1. The Morgan fingerprint density at radius 1 is 0.762 bits per heavy atom. The molecule has 0 saturated heterocycles. The van der Waals surface area contributed by atoms with E-state index >= 15 is 0 Å². The van der Waals surface area contributed by atoms with Crippen LogP contribution in [0.3, 0.4) is 0 Å². The Hall–Kier alpha value is -0.160. The second-order valence-electron chi connectivity index (χ2n) is 6.04. The van der Waals surface area contributed by atoms with E-state index in [1.165, 1.54) is 57.8 Å². The van der Waals surface area contributed by atoms with Crippen LogP contribution in [0, 0.1) is 0 Å². The van der Waals surface area contributed by atoms with Crippen LogP contribution < -0.4 is 0 Å². The average molecular weight is 303 g/mol. The number of unbranched alkanes of at least 4 members (excludes halogenated alkanes) is 9. The number of rotatable bonds is 16. The van der Waals surface area contributed by atoms with Crippen molar-refractivity contribution >= 4 is 0 Å². The molecule has 0 aromatic heterocycles. The van der Waals surface area contributed by atoms with Gasteiger partial charge in [-0.2, -0.15) is 0 Å². The summed E-state index contributed by atoms with van der Waals surface area (Å²) in [6, 6.07) is 0. The van der Waals surface area contributed by atoms with Crippen molar-refractivity contribution in [2.45, 2.75) is 77.2 Å². The van der Waals surface area contributed by atoms with Crippen LogP contribution in [0.4, 0.5) is 0 Å². The van der Waals surface area contributed by atoms with Gasteiger partial charge in [0.05, 0.1) is 19.3 Å². The Labute approximate surface area is 131 Å². The Balaban J connectivity index is 3.41. The van der Waals surface area contributed by atoms with Gasteiger partial charge in [0.25, 0.3) is 0 Å². The summed E-state index contributed by atoms with van der Waals surface area (Å²) < 4.78 is 0. The molecule has 4 heteroatoms. The van der Waals surface area contributed by atoms with Gasteiger partial charge in [0.2, 0.25) is 0 Å². The number of hydrogen-bond acceptors (Lipinski definition) is 4. The van der Waals surface area contributed by atoms with Gasteiger partial charge in [-0.05, 0) is 13.0 Å². The minimum atomic E-state index is -0.695. The summed E-state index contributed by atoms with van der Waals surface area (Å²) in [6.07, 6.45) is 12.4. The predicted octanol–water partition coefficient (Wildman–Crippen LogP) is 2.55. The maximum Gasteiger partial charge on any atom is 0.0897 e. The average Bonchev–Trinajstić information content (AvgIpc) is 2.49. The fourth-order valence-corrected chi connectivity index (χ4v) is 2.61. The zero-order valence-electron chi connectivity index (χ0n) is 14.0. The first kappa shape index (κ1) is 20.8. The molecule has 0 amide bonds. The van der Waals surface area contributed by atoms with Crippen molar-refractivity contribution < 1.29 is 15.3 Å². The summed E-state index contributed by atoms with van der Waals surface area (Å²) >= 11 is 0. The van der Waals surface area contributed by atoms with E-state index in [0.29, 0.717) is 13.1 Å². The van der Waals surface area contributed by atoms with Gasteiger partial charge in [-0.15, -0.1) is 0 Å². The van der Waals surface area contributed by atoms with E-state index in [1.807, 2.05) is 4.90 Å². The Bertz CT molecular complexity index is 202. The van der Waals surface area contributed by atoms with Gasteiger partial charge in [0.15, 0.2) is 0 Å². The second-order valence-corrected chi connectivity index (χ2v) is 6.04. The molecule has 128 valence electrons. The van der Waals surface area contributed by atoms with Crippen LogP contribution in [-0.4, -0.2) is 59.2 Å². The summed E-state index contributed by atoms with van der Waals surface area (Å²) in [5, 5.41) is 27.3. The first-order valence-corrected chi connectivity index (χ1v) is 8.86. The quantitative estimate of drug-likeness (QED) is 0.383. The van der Waals surface area contributed by atoms with Crippen molar-refractivity contribution in [3.63, 3.8) is 0 Å². The molecule has 21 heavy (non-hydrogen) atoms. The van der Waals surface area contributed by atoms with Gasteiger partial charge < -0.3 is 15.3 Å². The van der Waals surface area contributed by atoms with Gasteiger partial charge in [-0.3, -0.25) is 4.90 Å². The molecular weight excluding hydrogens is 266 g/mol. The monoisotopic (exact) mass is 303 g/mol. The SMILES string of the molecule is CCCCCCCCCCCCN(CCO)C[C@@H](O)CO. The van der Waals surface area contributed by atoms with Crippen LogP contribution >= 0.6 is 0 Å². The van der Waals surface area contributed by atoms with Gasteiger partial charge in [-0.1, -0.05) is 64.7 Å². The van der Waals surface area contributed by atoms with E-state index in [0.717, 1.165) is 13.0 Å². The first-order chi connectivity index (χ1) is 10.2. The molecule has 0 fully saturated rings. The lowest BCUT2D eigenvalue weighted by Crippen LogP contribution is -2.36. The highest BCUT2D eigenvalue weighted by molar-refractivity contribution is 4.63. The van der Waals surface area contributed by atoms with Crippen LogP contribution in [0.1, 0.15) is 71.1 Å². The van der Waals surface area contributed by atoms with E-state index in [4.69, 9.17) is 10.2 Å². The molecule has 0 aromatic carbocycles. The summed E-state index contributed by atoms with van der Waals surface area (Å²) in [4.78, 5) is 2.03. The molecule has 0 aromatic rings. The number of aliphatic hydroxyl groups is 3. The van der Waals surface area contributed by atoms with Crippen molar-refractivity contribution in [3.8, 4) is 0 Å². The molecule has 0 heterocycles. The van der Waals surface area contributed by atoms with Crippen LogP contribution in [0.2, 0.25) is 0 Å². The first-order valence-electron chi connectivity index (χ1n) is 8.86. The van der Waals surface area contributed by atoms with Gasteiger partial charge in [-0.25, -0.2) is 0 Å². The zero-order valence-corrected chi connectivity index (χ0v) is 14.0. The van der Waals surface area contributed by atoms with Crippen LogP contribution in [0.15, 0.2) is 0 Å². The fourth-order valence-electron chi connectivity index (χ4n) is 2.61. The van der Waals surface area contributed by atoms with E-state index in [1.54, 1.807) is 0 Å². The molecule has 0 spiro atoms.